The summed E-state index contributed by atoms with van der Waals surface area (Å²) in [4.78, 5) is 0. The van der Waals surface area contributed by atoms with Crippen LogP contribution in [-0.2, 0) is 4.74 Å². The number of aliphatic hydroxyl groups is 1. The molecule has 2 atom stereocenters. The van der Waals surface area contributed by atoms with Gasteiger partial charge < -0.3 is 9.84 Å². The van der Waals surface area contributed by atoms with Gasteiger partial charge >= 0.3 is 35.8 Å². The maximum absolute atomic E-state index is 13.5. The van der Waals surface area contributed by atoms with Gasteiger partial charge in [-0.3, -0.25) is 0 Å². The summed E-state index contributed by atoms with van der Waals surface area (Å²) in [5.74, 6) is -37.1. The van der Waals surface area contributed by atoms with Gasteiger partial charge in [-0.2, -0.15) is 57.1 Å². The molecule has 0 amide bonds. The third-order valence-corrected chi connectivity index (χ3v) is 4.36. The predicted octanol–water partition coefficient (Wildman–Crippen LogP) is 5.60. The number of halogens is 13. The first-order valence-corrected chi connectivity index (χ1v) is 8.17. The molecule has 0 aliphatic heterocycles. The van der Waals surface area contributed by atoms with Gasteiger partial charge in [0, 0.05) is 0 Å². The molecule has 1 aliphatic carbocycles. The van der Waals surface area contributed by atoms with Crippen molar-refractivity contribution in [3.8, 4) is 0 Å². The summed E-state index contributed by atoms with van der Waals surface area (Å²) < 4.78 is 173. The van der Waals surface area contributed by atoms with E-state index in [9.17, 15) is 62.2 Å². The maximum atomic E-state index is 13.5. The van der Waals surface area contributed by atoms with Crippen LogP contribution in [0.3, 0.4) is 0 Å². The van der Waals surface area contributed by atoms with Crippen LogP contribution in [0.2, 0.25) is 0 Å². The Balaban J connectivity index is 3.04. The van der Waals surface area contributed by atoms with Crippen molar-refractivity contribution in [1.82, 2.24) is 0 Å². The number of aliphatic hydroxyl groups excluding tert-OH is 1. The molecule has 15 heteroatoms. The van der Waals surface area contributed by atoms with Gasteiger partial charge in [0.25, 0.3) is 0 Å². The second-order valence-corrected chi connectivity index (χ2v) is 6.54. The fourth-order valence-electron chi connectivity index (χ4n) is 2.53. The van der Waals surface area contributed by atoms with Crippen molar-refractivity contribution in [2.24, 2.45) is 0 Å². The first-order valence-electron chi connectivity index (χ1n) is 8.17. The van der Waals surface area contributed by atoms with Crippen molar-refractivity contribution in [2.45, 2.75) is 73.7 Å². The number of hydrogen-bond donors (Lipinski definition) is 1. The van der Waals surface area contributed by atoms with Crippen molar-refractivity contribution in [3.63, 3.8) is 0 Å². The molecule has 0 aromatic heterocycles. The molecule has 1 fully saturated rings. The minimum Gasteiger partial charge on any atom is -0.390 e. The van der Waals surface area contributed by atoms with E-state index in [0.717, 1.165) is 0 Å². The van der Waals surface area contributed by atoms with Crippen LogP contribution < -0.4 is 0 Å². The zero-order chi connectivity index (χ0) is 23.8. The number of rotatable bonds is 8. The maximum Gasteiger partial charge on any atom is 0.460 e. The summed E-state index contributed by atoms with van der Waals surface area (Å²) in [6, 6.07) is 0. The van der Waals surface area contributed by atoms with Crippen LogP contribution in [0.25, 0.3) is 0 Å². The second kappa shape index (κ2) is 8.36. The lowest BCUT2D eigenvalue weighted by atomic mass is 9.93. The minimum absolute atomic E-state index is 0.0363. The van der Waals surface area contributed by atoms with Crippen LogP contribution in [0.5, 0.6) is 0 Å². The quantitative estimate of drug-likeness (QED) is 0.367. The molecule has 1 N–H and O–H groups in total. The van der Waals surface area contributed by atoms with Gasteiger partial charge in [0.05, 0.1) is 18.8 Å². The van der Waals surface area contributed by atoms with Crippen LogP contribution >= 0.6 is 0 Å². The Bertz CT molecular complexity index is 612. The van der Waals surface area contributed by atoms with Crippen LogP contribution in [-0.4, -0.2) is 59.7 Å². The van der Waals surface area contributed by atoms with E-state index in [1.165, 1.54) is 0 Å². The number of alkyl halides is 13. The van der Waals surface area contributed by atoms with Gasteiger partial charge in [-0.1, -0.05) is 18.9 Å². The molecule has 30 heavy (non-hydrogen) atoms. The molecule has 1 rings (SSSR count). The van der Waals surface area contributed by atoms with Gasteiger partial charge in [0.1, 0.15) is 0 Å². The van der Waals surface area contributed by atoms with Gasteiger partial charge in [-0.25, -0.2) is 0 Å². The van der Waals surface area contributed by atoms with Crippen LogP contribution in [0.4, 0.5) is 57.1 Å². The standard InChI is InChI=1S/C15H15F13O2/c16-10(17,6-3-7-30-9-5-2-1-4-8(9)29)11(18,19)12(20,21)13(22,23)14(24,25)15(26,27)28/h3,6,8-9,29H,1-2,4-5,7H2/b6-3-/t8-,9-/m0/s1. The fraction of sp³-hybridized carbons (Fsp3) is 0.867. The van der Waals surface area contributed by atoms with Gasteiger partial charge in [0.2, 0.25) is 0 Å². The van der Waals surface area contributed by atoms with E-state index in [-0.39, 0.29) is 18.9 Å². The first-order chi connectivity index (χ1) is 13.2. The monoisotopic (exact) mass is 474 g/mol. The summed E-state index contributed by atoms with van der Waals surface area (Å²) in [6.07, 6.45) is -8.86. The molecule has 1 saturated carbocycles. The van der Waals surface area contributed by atoms with E-state index in [1.54, 1.807) is 0 Å². The molecule has 0 unspecified atom stereocenters. The topological polar surface area (TPSA) is 29.5 Å². The number of ether oxygens (including phenoxy) is 1. The average Bonchev–Trinajstić information content (AvgIpc) is 2.58. The second-order valence-electron chi connectivity index (χ2n) is 6.54. The fourth-order valence-corrected chi connectivity index (χ4v) is 2.53. The van der Waals surface area contributed by atoms with E-state index in [1.807, 2.05) is 0 Å². The molecule has 0 radical (unpaired) electrons. The number of hydrogen-bond acceptors (Lipinski definition) is 2. The highest BCUT2D eigenvalue weighted by molar-refractivity contribution is 5.15. The highest BCUT2D eigenvalue weighted by Crippen LogP contribution is 2.60. The summed E-state index contributed by atoms with van der Waals surface area (Å²) in [6.45, 7) is -0.992. The molecule has 0 heterocycles. The predicted molar refractivity (Wildman–Crippen MR) is 74.1 cm³/mol. The van der Waals surface area contributed by atoms with E-state index in [2.05, 4.69) is 0 Å². The van der Waals surface area contributed by atoms with Crippen molar-refractivity contribution < 1.29 is 66.9 Å². The first kappa shape index (κ1) is 26.8. The Hall–Kier alpha value is -1.25. The van der Waals surface area contributed by atoms with Crippen molar-refractivity contribution in [1.29, 1.82) is 0 Å². The van der Waals surface area contributed by atoms with Crippen LogP contribution in [0, 0.1) is 0 Å². The van der Waals surface area contributed by atoms with Gasteiger partial charge in [0.15, 0.2) is 0 Å². The normalized spacial score (nSPS) is 23.3. The lowest BCUT2D eigenvalue weighted by Crippen LogP contribution is -2.69. The zero-order valence-electron chi connectivity index (χ0n) is 14.6. The van der Waals surface area contributed by atoms with Gasteiger partial charge in [-0.15, -0.1) is 0 Å². The SMILES string of the molecule is O[C@H]1CCCC[C@@H]1OC/C=C\C(F)(F)C(F)(F)C(F)(F)C(F)(F)C(F)(F)C(F)(F)F. The summed E-state index contributed by atoms with van der Waals surface area (Å²) in [5, 5.41) is 9.53. The summed E-state index contributed by atoms with van der Waals surface area (Å²) >= 11 is 0. The largest absolute Gasteiger partial charge is 0.460 e. The Kier molecular flexibility index (Phi) is 7.46. The molecule has 0 spiro atoms. The molecule has 1 aliphatic rings. The average molecular weight is 474 g/mol. The van der Waals surface area contributed by atoms with Crippen molar-refractivity contribution in [2.75, 3.05) is 6.61 Å². The van der Waals surface area contributed by atoms with E-state index in [0.29, 0.717) is 12.8 Å². The van der Waals surface area contributed by atoms with E-state index < -0.39 is 60.7 Å². The van der Waals surface area contributed by atoms with Crippen molar-refractivity contribution in [3.05, 3.63) is 12.2 Å². The van der Waals surface area contributed by atoms with Crippen LogP contribution in [0.1, 0.15) is 25.7 Å². The smallest absolute Gasteiger partial charge is 0.390 e. The molecule has 0 aromatic carbocycles. The molecular weight excluding hydrogens is 459 g/mol. The minimum atomic E-state index is -7.91. The Morgan fingerprint density at radius 2 is 1.17 bits per heavy atom. The van der Waals surface area contributed by atoms with E-state index in [4.69, 9.17) is 4.74 Å². The van der Waals surface area contributed by atoms with Gasteiger partial charge in [-0.05, 0) is 18.9 Å². The van der Waals surface area contributed by atoms with Crippen LogP contribution in [0.15, 0.2) is 12.2 Å². The highest BCUT2D eigenvalue weighted by atomic mass is 19.4. The lowest BCUT2D eigenvalue weighted by Gasteiger charge is -2.39. The summed E-state index contributed by atoms with van der Waals surface area (Å²) in [5.41, 5.74) is 0. The Morgan fingerprint density at radius 1 is 0.700 bits per heavy atom. The Morgan fingerprint density at radius 3 is 1.63 bits per heavy atom. The third-order valence-electron chi connectivity index (χ3n) is 4.36. The molecule has 0 saturated heterocycles. The zero-order valence-corrected chi connectivity index (χ0v) is 14.6. The molecule has 0 bridgehead atoms. The number of allylic oxidation sites excluding steroid dienone is 1. The lowest BCUT2D eigenvalue weighted by molar-refractivity contribution is -0.436. The summed E-state index contributed by atoms with van der Waals surface area (Å²) in [7, 11) is 0. The molecule has 178 valence electrons. The third kappa shape index (κ3) is 4.50. The molecule has 0 aromatic rings. The highest BCUT2D eigenvalue weighted by Gasteiger charge is 2.90. The molecular formula is C15H15F13O2. The molecule has 2 nitrogen and oxygen atoms in total. The van der Waals surface area contributed by atoms with Crippen molar-refractivity contribution >= 4 is 0 Å². The Labute approximate surface area is 160 Å². The van der Waals surface area contributed by atoms with E-state index >= 15 is 0 Å².